The highest BCUT2D eigenvalue weighted by molar-refractivity contribution is 7.89. The summed E-state index contributed by atoms with van der Waals surface area (Å²) in [5.41, 5.74) is -0.599. The minimum atomic E-state index is -4.09. The number of carboxylic acids is 1. The van der Waals surface area contributed by atoms with Crippen LogP contribution in [-0.2, 0) is 10.0 Å². The molecule has 0 bridgehead atoms. The first kappa shape index (κ1) is 17.5. The van der Waals surface area contributed by atoms with Crippen molar-refractivity contribution in [3.05, 3.63) is 29.1 Å². The Morgan fingerprint density at radius 3 is 2.43 bits per heavy atom. The summed E-state index contributed by atoms with van der Waals surface area (Å²) in [5, 5.41) is 17.9. The molecule has 2 unspecified atom stereocenters. The highest BCUT2D eigenvalue weighted by atomic mass is 32.2. The van der Waals surface area contributed by atoms with Gasteiger partial charge in [-0.15, -0.1) is 0 Å². The van der Waals surface area contributed by atoms with Crippen LogP contribution in [0, 0.1) is 18.7 Å². The Bertz CT molecular complexity index is 644. The molecule has 0 aliphatic rings. The molecule has 0 aromatic heterocycles. The maximum absolute atomic E-state index is 13.7. The molecule has 21 heavy (non-hydrogen) atoms. The third-order valence-corrected chi connectivity index (χ3v) is 5.00. The van der Waals surface area contributed by atoms with Crippen LogP contribution in [0.15, 0.2) is 17.0 Å². The van der Waals surface area contributed by atoms with Gasteiger partial charge in [0.25, 0.3) is 0 Å². The molecule has 3 N–H and O–H groups in total. The van der Waals surface area contributed by atoms with Crippen LogP contribution in [0.5, 0.6) is 0 Å². The summed E-state index contributed by atoms with van der Waals surface area (Å²) in [4.78, 5) is 10.5. The molecule has 0 aliphatic carbocycles. The molecule has 1 rings (SSSR count). The third kappa shape index (κ3) is 3.99. The average Bonchev–Trinajstić information content (AvgIpc) is 2.39. The van der Waals surface area contributed by atoms with Crippen molar-refractivity contribution in [2.75, 3.05) is 6.61 Å². The van der Waals surface area contributed by atoms with E-state index in [-0.39, 0.29) is 18.1 Å². The molecule has 1 aromatic rings. The van der Waals surface area contributed by atoms with E-state index in [1.54, 1.807) is 13.8 Å². The molecule has 8 heteroatoms. The number of benzene rings is 1. The van der Waals surface area contributed by atoms with Crippen molar-refractivity contribution in [2.24, 2.45) is 5.92 Å². The average molecular weight is 319 g/mol. The highest BCUT2D eigenvalue weighted by Gasteiger charge is 2.25. The molecule has 0 spiro atoms. The van der Waals surface area contributed by atoms with E-state index in [0.29, 0.717) is 0 Å². The number of hydrogen-bond donors (Lipinski definition) is 3. The lowest BCUT2D eigenvalue weighted by Gasteiger charge is -2.20. The maximum Gasteiger partial charge on any atom is 0.335 e. The largest absolute Gasteiger partial charge is 0.478 e. The van der Waals surface area contributed by atoms with E-state index in [0.717, 1.165) is 12.1 Å². The van der Waals surface area contributed by atoms with Crippen LogP contribution in [0.2, 0.25) is 0 Å². The van der Waals surface area contributed by atoms with Crippen LogP contribution in [0.3, 0.4) is 0 Å². The number of sulfonamides is 1. The molecule has 6 nitrogen and oxygen atoms in total. The molecule has 0 aliphatic heterocycles. The smallest absolute Gasteiger partial charge is 0.335 e. The Balaban J connectivity index is 3.28. The van der Waals surface area contributed by atoms with Crippen molar-refractivity contribution in [2.45, 2.75) is 31.7 Å². The number of aliphatic hydroxyl groups excluding tert-OH is 1. The zero-order valence-electron chi connectivity index (χ0n) is 11.9. The van der Waals surface area contributed by atoms with E-state index >= 15 is 0 Å². The van der Waals surface area contributed by atoms with Gasteiger partial charge in [-0.1, -0.05) is 6.92 Å². The number of carbonyl (C=O) groups is 1. The fourth-order valence-electron chi connectivity index (χ4n) is 1.64. The van der Waals surface area contributed by atoms with E-state index in [2.05, 4.69) is 4.72 Å². The monoisotopic (exact) mass is 319 g/mol. The molecular formula is C13H18FNO5S. The lowest BCUT2D eigenvalue weighted by Crippen LogP contribution is -2.38. The van der Waals surface area contributed by atoms with Crippen LogP contribution < -0.4 is 4.72 Å². The quantitative estimate of drug-likeness (QED) is 0.729. The van der Waals surface area contributed by atoms with Gasteiger partial charge in [0, 0.05) is 18.2 Å². The fraction of sp³-hybridized carbons (Fsp3) is 0.462. The first-order valence-corrected chi connectivity index (χ1v) is 7.75. The van der Waals surface area contributed by atoms with Gasteiger partial charge in [0.05, 0.1) is 10.5 Å². The van der Waals surface area contributed by atoms with Gasteiger partial charge in [-0.2, -0.15) is 0 Å². The number of nitrogens with one attached hydrogen (secondary N) is 1. The number of rotatable bonds is 6. The molecule has 0 fully saturated rings. The first-order chi connectivity index (χ1) is 9.60. The first-order valence-electron chi connectivity index (χ1n) is 6.26. The Kier molecular flexibility index (Phi) is 5.43. The normalized spacial score (nSPS) is 14.7. The van der Waals surface area contributed by atoms with Gasteiger partial charge < -0.3 is 10.2 Å². The number of halogens is 1. The molecule has 118 valence electrons. The van der Waals surface area contributed by atoms with Crippen molar-refractivity contribution >= 4 is 16.0 Å². The summed E-state index contributed by atoms with van der Waals surface area (Å²) in [7, 11) is -4.09. The Labute approximate surface area is 122 Å². The van der Waals surface area contributed by atoms with Crippen molar-refractivity contribution in [3.63, 3.8) is 0 Å². The Hall–Kier alpha value is -1.51. The van der Waals surface area contributed by atoms with Crippen molar-refractivity contribution < 1.29 is 27.8 Å². The molecule has 2 atom stereocenters. The van der Waals surface area contributed by atoms with Crippen LogP contribution in [0.1, 0.15) is 29.8 Å². The number of hydrogen-bond acceptors (Lipinski definition) is 4. The summed E-state index contributed by atoms with van der Waals surface area (Å²) in [5.74, 6) is -2.66. The minimum Gasteiger partial charge on any atom is -0.478 e. The predicted molar refractivity (Wildman–Crippen MR) is 74.1 cm³/mol. The van der Waals surface area contributed by atoms with E-state index in [4.69, 9.17) is 10.2 Å². The van der Waals surface area contributed by atoms with Crippen molar-refractivity contribution in [3.8, 4) is 0 Å². The highest BCUT2D eigenvalue weighted by Crippen LogP contribution is 2.21. The molecule has 0 heterocycles. The third-order valence-electron chi connectivity index (χ3n) is 3.32. The lowest BCUT2D eigenvalue weighted by molar-refractivity contribution is 0.0696. The minimum absolute atomic E-state index is 0.156. The van der Waals surface area contributed by atoms with Gasteiger partial charge in [0.1, 0.15) is 5.82 Å². The van der Waals surface area contributed by atoms with Gasteiger partial charge in [-0.3, -0.25) is 0 Å². The van der Waals surface area contributed by atoms with Gasteiger partial charge in [-0.25, -0.2) is 22.3 Å². The number of carboxylic acid groups (broad SMARTS) is 1. The van der Waals surface area contributed by atoms with Gasteiger partial charge >= 0.3 is 5.97 Å². The SMILES string of the molecule is Cc1c(F)cc(C(=O)O)cc1S(=O)(=O)NC(C)C(C)CO. The topological polar surface area (TPSA) is 104 Å². The van der Waals surface area contributed by atoms with Crippen molar-refractivity contribution in [1.82, 2.24) is 4.72 Å². The second-order valence-corrected chi connectivity index (χ2v) is 6.64. The summed E-state index contributed by atoms with van der Waals surface area (Å²) in [6, 6.07) is 1.10. The molecule has 0 saturated heterocycles. The standard InChI is InChI=1S/C13H18FNO5S/c1-7(6-16)9(3)15-21(19,20)12-5-10(13(17)18)4-11(14)8(12)2/h4-5,7,9,15-16H,6H2,1-3H3,(H,17,18). The number of aromatic carboxylic acids is 1. The van der Waals surface area contributed by atoms with Crippen LogP contribution in [-0.4, -0.2) is 37.2 Å². The molecular weight excluding hydrogens is 301 g/mol. The van der Waals surface area contributed by atoms with Gasteiger partial charge in [0.15, 0.2) is 0 Å². The fourth-order valence-corrected chi connectivity index (χ4v) is 3.27. The zero-order valence-corrected chi connectivity index (χ0v) is 12.7. The molecule has 0 amide bonds. The second kappa shape index (κ2) is 6.50. The van der Waals surface area contributed by atoms with Crippen LogP contribution >= 0.6 is 0 Å². The van der Waals surface area contributed by atoms with E-state index in [1.165, 1.54) is 6.92 Å². The molecule has 0 radical (unpaired) electrons. The molecule has 0 saturated carbocycles. The second-order valence-electron chi connectivity index (χ2n) is 4.96. The summed E-state index contributed by atoms with van der Waals surface area (Å²) in [6.07, 6.45) is 0. The summed E-state index contributed by atoms with van der Waals surface area (Å²) >= 11 is 0. The van der Waals surface area contributed by atoms with Gasteiger partial charge in [-0.05, 0) is 31.9 Å². The summed E-state index contributed by atoms with van der Waals surface area (Å²) < 4.78 is 40.5. The van der Waals surface area contributed by atoms with Gasteiger partial charge in [0.2, 0.25) is 10.0 Å². The van der Waals surface area contributed by atoms with E-state index in [1.807, 2.05) is 0 Å². The summed E-state index contributed by atoms with van der Waals surface area (Å²) in [6.45, 7) is 4.25. The zero-order chi connectivity index (χ0) is 16.4. The number of aliphatic hydroxyl groups is 1. The van der Waals surface area contributed by atoms with E-state index < -0.39 is 38.3 Å². The van der Waals surface area contributed by atoms with Crippen LogP contribution in [0.4, 0.5) is 4.39 Å². The van der Waals surface area contributed by atoms with E-state index in [9.17, 15) is 17.6 Å². The lowest BCUT2D eigenvalue weighted by atomic mass is 10.1. The predicted octanol–water partition coefficient (Wildman–Crippen LogP) is 1.13. The Morgan fingerprint density at radius 1 is 1.38 bits per heavy atom. The van der Waals surface area contributed by atoms with Crippen LogP contribution in [0.25, 0.3) is 0 Å². The van der Waals surface area contributed by atoms with Crippen molar-refractivity contribution in [1.29, 1.82) is 0 Å². The maximum atomic E-state index is 13.7. The molecule has 1 aromatic carbocycles. The Morgan fingerprint density at radius 2 is 1.95 bits per heavy atom.